The van der Waals surface area contributed by atoms with Crippen molar-refractivity contribution < 1.29 is 9.53 Å². The standard InChI is InChI=1S/C14H27N3O2/c1-5-12(14(18)19-4)6-7-15-10-13-11-16(2)8-9-17(13)3/h6,13,15H,5,7-11H2,1-4H3. The molecule has 0 aromatic rings. The molecule has 1 saturated heterocycles. The Morgan fingerprint density at radius 2 is 2.16 bits per heavy atom. The van der Waals surface area contributed by atoms with Crippen molar-refractivity contribution in [1.82, 2.24) is 15.1 Å². The number of hydrogen-bond acceptors (Lipinski definition) is 5. The highest BCUT2D eigenvalue weighted by atomic mass is 16.5. The van der Waals surface area contributed by atoms with Gasteiger partial charge in [0.2, 0.25) is 0 Å². The summed E-state index contributed by atoms with van der Waals surface area (Å²) in [6, 6.07) is 0.537. The van der Waals surface area contributed by atoms with Crippen molar-refractivity contribution in [2.45, 2.75) is 19.4 Å². The van der Waals surface area contributed by atoms with Gasteiger partial charge in [-0.3, -0.25) is 4.90 Å². The highest BCUT2D eigenvalue weighted by molar-refractivity contribution is 5.88. The average Bonchev–Trinajstić information content (AvgIpc) is 2.41. The van der Waals surface area contributed by atoms with Crippen molar-refractivity contribution in [2.24, 2.45) is 0 Å². The Morgan fingerprint density at radius 3 is 2.79 bits per heavy atom. The molecular weight excluding hydrogens is 242 g/mol. The summed E-state index contributed by atoms with van der Waals surface area (Å²) in [6.07, 6.45) is 2.64. The predicted octanol–water partition coefficient (Wildman–Crippen LogP) is 0.331. The lowest BCUT2D eigenvalue weighted by molar-refractivity contribution is -0.136. The Kier molecular flexibility index (Phi) is 7.05. The monoisotopic (exact) mass is 269 g/mol. The minimum atomic E-state index is -0.223. The molecule has 0 aromatic heterocycles. The summed E-state index contributed by atoms with van der Waals surface area (Å²) in [6.45, 7) is 6.95. The number of likely N-dealkylation sites (N-methyl/N-ethyl adjacent to an activating group) is 2. The largest absolute Gasteiger partial charge is 0.466 e. The molecule has 1 aliphatic heterocycles. The number of esters is 1. The number of ether oxygens (including phenoxy) is 1. The topological polar surface area (TPSA) is 44.8 Å². The molecule has 0 aromatic carbocycles. The summed E-state index contributed by atoms with van der Waals surface area (Å²) >= 11 is 0. The number of nitrogens with one attached hydrogen (secondary N) is 1. The van der Waals surface area contributed by atoms with Crippen molar-refractivity contribution in [1.29, 1.82) is 0 Å². The Bertz CT molecular complexity index is 318. The molecular formula is C14H27N3O2. The van der Waals surface area contributed by atoms with E-state index in [2.05, 4.69) is 29.2 Å². The summed E-state index contributed by atoms with van der Waals surface area (Å²) in [4.78, 5) is 16.1. The Balaban J connectivity index is 2.33. The minimum absolute atomic E-state index is 0.223. The van der Waals surface area contributed by atoms with Crippen LogP contribution in [0.5, 0.6) is 0 Å². The van der Waals surface area contributed by atoms with Crippen molar-refractivity contribution in [3.63, 3.8) is 0 Å². The number of methoxy groups -OCH3 is 1. The molecule has 5 heteroatoms. The van der Waals surface area contributed by atoms with Gasteiger partial charge in [0, 0.05) is 44.3 Å². The van der Waals surface area contributed by atoms with Crippen LogP contribution in [0, 0.1) is 0 Å². The summed E-state index contributed by atoms with van der Waals surface area (Å²) in [7, 11) is 5.75. The van der Waals surface area contributed by atoms with E-state index < -0.39 is 0 Å². The van der Waals surface area contributed by atoms with Gasteiger partial charge in [-0.2, -0.15) is 0 Å². The van der Waals surface area contributed by atoms with Gasteiger partial charge in [0.25, 0.3) is 0 Å². The molecule has 1 heterocycles. The van der Waals surface area contributed by atoms with E-state index in [-0.39, 0.29) is 5.97 Å². The molecule has 0 bridgehead atoms. The van der Waals surface area contributed by atoms with Crippen LogP contribution in [0.4, 0.5) is 0 Å². The molecule has 5 nitrogen and oxygen atoms in total. The van der Waals surface area contributed by atoms with Gasteiger partial charge >= 0.3 is 5.97 Å². The second-order valence-electron chi connectivity index (χ2n) is 5.13. The number of carbonyl (C=O) groups excluding carboxylic acids is 1. The van der Waals surface area contributed by atoms with E-state index in [1.165, 1.54) is 7.11 Å². The molecule has 1 aliphatic rings. The van der Waals surface area contributed by atoms with E-state index in [0.717, 1.165) is 31.8 Å². The molecule has 110 valence electrons. The van der Waals surface area contributed by atoms with Gasteiger partial charge in [-0.05, 0) is 20.5 Å². The van der Waals surface area contributed by atoms with Crippen LogP contribution in [0.25, 0.3) is 0 Å². The maximum atomic E-state index is 11.4. The van der Waals surface area contributed by atoms with Gasteiger partial charge in [-0.25, -0.2) is 4.79 Å². The molecule has 0 aliphatic carbocycles. The number of hydrogen-bond donors (Lipinski definition) is 1. The normalized spacial score (nSPS) is 22.5. The lowest BCUT2D eigenvalue weighted by atomic mass is 10.1. The quantitative estimate of drug-likeness (QED) is 0.428. The SMILES string of the molecule is CCC(=CCNCC1CN(C)CCN1C)C(=O)OC. The van der Waals surface area contributed by atoms with Gasteiger partial charge in [0.1, 0.15) is 0 Å². The average molecular weight is 269 g/mol. The third kappa shape index (κ3) is 5.30. The summed E-state index contributed by atoms with van der Waals surface area (Å²) in [5.74, 6) is -0.223. The minimum Gasteiger partial charge on any atom is -0.466 e. The summed E-state index contributed by atoms with van der Waals surface area (Å²) in [5.41, 5.74) is 0.740. The first kappa shape index (κ1) is 16.1. The Hall–Kier alpha value is -0.910. The molecule has 1 atom stereocenters. The Morgan fingerprint density at radius 1 is 1.42 bits per heavy atom. The van der Waals surface area contributed by atoms with Crippen molar-refractivity contribution in [2.75, 3.05) is 53.9 Å². The zero-order chi connectivity index (χ0) is 14.3. The van der Waals surface area contributed by atoms with Crippen molar-refractivity contribution in [3.8, 4) is 0 Å². The van der Waals surface area contributed by atoms with Gasteiger partial charge in [0.05, 0.1) is 7.11 Å². The van der Waals surface area contributed by atoms with Crippen LogP contribution in [-0.2, 0) is 9.53 Å². The molecule has 0 radical (unpaired) electrons. The molecule has 0 amide bonds. The molecule has 0 spiro atoms. The van der Waals surface area contributed by atoms with Crippen LogP contribution in [0.2, 0.25) is 0 Å². The molecule has 0 saturated carbocycles. The highest BCUT2D eigenvalue weighted by Crippen LogP contribution is 2.05. The number of rotatable bonds is 6. The maximum Gasteiger partial charge on any atom is 0.333 e. The molecule has 1 fully saturated rings. The zero-order valence-electron chi connectivity index (χ0n) is 12.6. The van der Waals surface area contributed by atoms with E-state index in [4.69, 9.17) is 4.74 Å². The molecule has 1 unspecified atom stereocenters. The van der Waals surface area contributed by atoms with E-state index >= 15 is 0 Å². The third-order valence-electron chi connectivity index (χ3n) is 3.68. The third-order valence-corrected chi connectivity index (χ3v) is 3.68. The number of carbonyl (C=O) groups is 1. The highest BCUT2D eigenvalue weighted by Gasteiger charge is 2.21. The van der Waals surface area contributed by atoms with Crippen LogP contribution in [0.15, 0.2) is 11.6 Å². The fraction of sp³-hybridized carbons (Fsp3) is 0.786. The lowest BCUT2D eigenvalue weighted by Gasteiger charge is -2.37. The first-order chi connectivity index (χ1) is 9.08. The smallest absolute Gasteiger partial charge is 0.333 e. The van der Waals surface area contributed by atoms with E-state index in [0.29, 0.717) is 19.0 Å². The van der Waals surface area contributed by atoms with Crippen molar-refractivity contribution in [3.05, 3.63) is 11.6 Å². The van der Waals surface area contributed by atoms with Gasteiger partial charge in [0.15, 0.2) is 0 Å². The van der Waals surface area contributed by atoms with Gasteiger partial charge in [-0.1, -0.05) is 13.0 Å². The first-order valence-corrected chi connectivity index (χ1v) is 6.95. The van der Waals surface area contributed by atoms with Crippen LogP contribution >= 0.6 is 0 Å². The summed E-state index contributed by atoms with van der Waals surface area (Å²) < 4.78 is 4.73. The maximum absolute atomic E-state index is 11.4. The second-order valence-corrected chi connectivity index (χ2v) is 5.13. The first-order valence-electron chi connectivity index (χ1n) is 6.95. The fourth-order valence-electron chi connectivity index (χ4n) is 2.27. The van der Waals surface area contributed by atoms with Crippen LogP contribution in [0.1, 0.15) is 13.3 Å². The summed E-state index contributed by atoms with van der Waals surface area (Å²) in [5, 5.41) is 3.40. The van der Waals surface area contributed by atoms with Crippen LogP contribution in [-0.4, -0.2) is 75.7 Å². The van der Waals surface area contributed by atoms with E-state index in [9.17, 15) is 4.79 Å². The van der Waals surface area contributed by atoms with Crippen molar-refractivity contribution >= 4 is 5.97 Å². The van der Waals surface area contributed by atoms with Crippen LogP contribution < -0.4 is 5.32 Å². The van der Waals surface area contributed by atoms with Gasteiger partial charge in [-0.15, -0.1) is 0 Å². The molecule has 1 rings (SSSR count). The fourth-order valence-corrected chi connectivity index (χ4v) is 2.27. The predicted molar refractivity (Wildman–Crippen MR) is 77.2 cm³/mol. The van der Waals surface area contributed by atoms with E-state index in [1.54, 1.807) is 0 Å². The van der Waals surface area contributed by atoms with Gasteiger partial charge < -0.3 is 15.0 Å². The zero-order valence-corrected chi connectivity index (χ0v) is 12.6. The Labute approximate surface area is 116 Å². The number of nitrogens with zero attached hydrogens (tertiary/aromatic N) is 2. The molecule has 1 N–H and O–H groups in total. The number of piperazine rings is 1. The second kappa shape index (κ2) is 8.30. The molecule has 19 heavy (non-hydrogen) atoms. The van der Waals surface area contributed by atoms with Crippen LogP contribution in [0.3, 0.4) is 0 Å². The lowest BCUT2D eigenvalue weighted by Crippen LogP contribution is -2.53. The van der Waals surface area contributed by atoms with E-state index in [1.807, 2.05) is 13.0 Å².